The maximum atomic E-state index is 12.9. The van der Waals surface area contributed by atoms with Gasteiger partial charge in [0.25, 0.3) is 0 Å². The van der Waals surface area contributed by atoms with Gasteiger partial charge < -0.3 is 10.1 Å². The molecule has 1 aromatic rings. The molecule has 0 radical (unpaired) electrons. The summed E-state index contributed by atoms with van der Waals surface area (Å²) in [6.07, 6.45) is 6.38. The normalized spacial score (nSPS) is 26.6. The Hall–Kier alpha value is -1.46. The summed E-state index contributed by atoms with van der Waals surface area (Å²) >= 11 is 0. The lowest BCUT2D eigenvalue weighted by Gasteiger charge is -2.37. The van der Waals surface area contributed by atoms with E-state index in [4.69, 9.17) is 4.74 Å². The number of carbonyl (C=O) groups excluding carboxylic acids is 1. The van der Waals surface area contributed by atoms with Gasteiger partial charge in [0.1, 0.15) is 0 Å². The molecule has 5 heteroatoms. The van der Waals surface area contributed by atoms with Crippen LogP contribution in [0.25, 0.3) is 0 Å². The zero-order valence-electron chi connectivity index (χ0n) is 14.2. The number of likely N-dealkylation sites (tertiary alicyclic amines) is 1. The molecule has 0 unspecified atom stereocenters. The van der Waals surface area contributed by atoms with E-state index < -0.39 is 0 Å². The molecule has 2 aliphatic heterocycles. The second kappa shape index (κ2) is 6.81. The first-order chi connectivity index (χ1) is 11.8. The van der Waals surface area contributed by atoms with Gasteiger partial charge in [-0.1, -0.05) is 6.07 Å². The number of amides is 1. The van der Waals surface area contributed by atoms with Crippen molar-refractivity contribution in [2.24, 2.45) is 17.3 Å². The molecule has 24 heavy (non-hydrogen) atoms. The number of hydrogen-bond donors (Lipinski definition) is 1. The van der Waals surface area contributed by atoms with E-state index in [9.17, 15) is 4.79 Å². The number of ether oxygens (including phenoxy) is 1. The fourth-order valence-electron chi connectivity index (χ4n) is 4.25. The van der Waals surface area contributed by atoms with Crippen molar-refractivity contribution in [1.29, 1.82) is 0 Å². The van der Waals surface area contributed by atoms with Crippen molar-refractivity contribution in [3.63, 3.8) is 0 Å². The number of nitrogens with zero attached hydrogens (tertiary/aromatic N) is 2. The van der Waals surface area contributed by atoms with Crippen molar-refractivity contribution in [3.05, 3.63) is 30.1 Å². The van der Waals surface area contributed by atoms with Crippen LogP contribution in [0.5, 0.6) is 0 Å². The van der Waals surface area contributed by atoms with Gasteiger partial charge in [0.2, 0.25) is 5.91 Å². The lowest BCUT2D eigenvalue weighted by Crippen LogP contribution is -2.44. The lowest BCUT2D eigenvalue weighted by atomic mass is 9.71. The summed E-state index contributed by atoms with van der Waals surface area (Å²) in [5.74, 6) is 1.07. The van der Waals surface area contributed by atoms with Crippen molar-refractivity contribution < 1.29 is 9.53 Å². The van der Waals surface area contributed by atoms with E-state index in [1.54, 1.807) is 0 Å². The van der Waals surface area contributed by atoms with Crippen LogP contribution in [0, 0.1) is 17.3 Å². The Bertz CT molecular complexity index is 567. The van der Waals surface area contributed by atoms with Crippen LogP contribution >= 0.6 is 0 Å². The highest BCUT2D eigenvalue weighted by atomic mass is 16.5. The zero-order valence-corrected chi connectivity index (χ0v) is 14.2. The van der Waals surface area contributed by atoms with E-state index >= 15 is 0 Å². The van der Waals surface area contributed by atoms with Gasteiger partial charge in [-0.2, -0.15) is 0 Å². The minimum Gasteiger partial charge on any atom is -0.381 e. The first kappa shape index (κ1) is 16.0. The first-order valence-corrected chi connectivity index (χ1v) is 9.23. The standard InChI is InChI=1S/C19H27N3O2/c23-18(21-11-15-4-5-15)17-13-22(12-16-3-1-2-8-20-16)14-19(17)6-9-24-10-7-19/h1-3,8,15,17H,4-7,9-14H2,(H,21,23)/t17-/m1/s1. The number of carbonyl (C=O) groups is 1. The van der Waals surface area contributed by atoms with Crippen molar-refractivity contribution in [3.8, 4) is 0 Å². The highest BCUT2D eigenvalue weighted by Crippen LogP contribution is 2.44. The number of rotatable bonds is 5. The molecule has 1 saturated carbocycles. The fourth-order valence-corrected chi connectivity index (χ4v) is 4.25. The minimum absolute atomic E-state index is 0.0840. The Labute approximate surface area is 143 Å². The Morgan fingerprint density at radius 1 is 1.33 bits per heavy atom. The van der Waals surface area contributed by atoms with E-state index in [0.717, 1.165) is 63.8 Å². The van der Waals surface area contributed by atoms with Crippen molar-refractivity contribution in [1.82, 2.24) is 15.2 Å². The summed E-state index contributed by atoms with van der Waals surface area (Å²) in [5, 5.41) is 3.22. The van der Waals surface area contributed by atoms with Gasteiger partial charge in [0.15, 0.2) is 0 Å². The third kappa shape index (κ3) is 3.47. The monoisotopic (exact) mass is 329 g/mol. The molecule has 0 aromatic carbocycles. The molecule has 1 aromatic heterocycles. The van der Waals surface area contributed by atoms with Crippen LogP contribution < -0.4 is 5.32 Å². The van der Waals surface area contributed by atoms with Gasteiger partial charge in [-0.3, -0.25) is 14.7 Å². The van der Waals surface area contributed by atoms with Crippen molar-refractivity contribution >= 4 is 5.91 Å². The van der Waals surface area contributed by atoms with Crippen LogP contribution in [-0.2, 0) is 16.1 Å². The van der Waals surface area contributed by atoms with E-state index in [0.29, 0.717) is 0 Å². The highest BCUT2D eigenvalue weighted by Gasteiger charge is 2.50. The van der Waals surface area contributed by atoms with E-state index in [-0.39, 0.29) is 17.2 Å². The average molecular weight is 329 g/mol. The molecule has 3 aliphatic rings. The van der Waals surface area contributed by atoms with Crippen LogP contribution in [0.4, 0.5) is 0 Å². The van der Waals surface area contributed by atoms with Gasteiger partial charge >= 0.3 is 0 Å². The summed E-state index contributed by atoms with van der Waals surface area (Å²) in [7, 11) is 0. The summed E-state index contributed by atoms with van der Waals surface area (Å²) in [5.41, 5.74) is 1.17. The molecule has 130 valence electrons. The summed E-state index contributed by atoms with van der Waals surface area (Å²) < 4.78 is 5.58. The molecule has 4 rings (SSSR count). The number of hydrogen-bond acceptors (Lipinski definition) is 4. The van der Waals surface area contributed by atoms with Crippen LogP contribution in [0.1, 0.15) is 31.4 Å². The second-order valence-electron chi connectivity index (χ2n) is 7.71. The van der Waals surface area contributed by atoms with Crippen molar-refractivity contribution in [2.75, 3.05) is 32.8 Å². The van der Waals surface area contributed by atoms with Gasteiger partial charge in [-0.25, -0.2) is 0 Å². The topological polar surface area (TPSA) is 54.5 Å². The predicted molar refractivity (Wildman–Crippen MR) is 91.2 cm³/mol. The molecule has 5 nitrogen and oxygen atoms in total. The fraction of sp³-hybridized carbons (Fsp3) is 0.684. The zero-order chi connectivity index (χ0) is 16.4. The Morgan fingerprint density at radius 2 is 2.17 bits per heavy atom. The Morgan fingerprint density at radius 3 is 2.88 bits per heavy atom. The lowest BCUT2D eigenvalue weighted by molar-refractivity contribution is -0.129. The predicted octanol–water partition coefficient (Wildman–Crippen LogP) is 1.84. The average Bonchev–Trinajstić information content (AvgIpc) is 3.38. The number of pyridine rings is 1. The molecular weight excluding hydrogens is 302 g/mol. The molecule has 1 atom stereocenters. The summed E-state index contributed by atoms with van der Waals surface area (Å²) in [4.78, 5) is 19.7. The largest absolute Gasteiger partial charge is 0.381 e. The van der Waals surface area contributed by atoms with Gasteiger partial charge in [-0.05, 0) is 43.7 Å². The van der Waals surface area contributed by atoms with E-state index in [1.165, 1.54) is 12.8 Å². The Kier molecular flexibility index (Phi) is 4.55. The SMILES string of the molecule is O=C(NCC1CC1)[C@H]1CN(Cc2ccccn2)CC12CCOCC2. The van der Waals surface area contributed by atoms with Gasteiger partial charge in [-0.15, -0.1) is 0 Å². The van der Waals surface area contributed by atoms with Crippen molar-refractivity contribution in [2.45, 2.75) is 32.2 Å². The number of nitrogens with one attached hydrogen (secondary N) is 1. The number of aromatic nitrogens is 1. The third-order valence-electron chi connectivity index (χ3n) is 5.90. The molecule has 2 saturated heterocycles. The molecule has 1 aliphatic carbocycles. The second-order valence-corrected chi connectivity index (χ2v) is 7.71. The molecule has 1 N–H and O–H groups in total. The molecule has 0 bridgehead atoms. The quantitative estimate of drug-likeness (QED) is 0.895. The van der Waals surface area contributed by atoms with Crippen LogP contribution in [0.3, 0.4) is 0 Å². The third-order valence-corrected chi connectivity index (χ3v) is 5.90. The highest BCUT2D eigenvalue weighted by molar-refractivity contribution is 5.80. The van der Waals surface area contributed by atoms with E-state index in [2.05, 4.69) is 21.3 Å². The maximum absolute atomic E-state index is 12.9. The van der Waals surface area contributed by atoms with Crippen LogP contribution in [-0.4, -0.2) is 48.6 Å². The van der Waals surface area contributed by atoms with Crippen LogP contribution in [0.15, 0.2) is 24.4 Å². The maximum Gasteiger partial charge on any atom is 0.225 e. The smallest absolute Gasteiger partial charge is 0.225 e. The molecular formula is C19H27N3O2. The van der Waals surface area contributed by atoms with Gasteiger partial charge in [0.05, 0.1) is 11.6 Å². The van der Waals surface area contributed by atoms with Crippen LogP contribution in [0.2, 0.25) is 0 Å². The minimum atomic E-state index is 0.0840. The van der Waals surface area contributed by atoms with E-state index in [1.807, 2.05) is 18.3 Å². The molecule has 3 heterocycles. The van der Waals surface area contributed by atoms with Gasteiger partial charge in [0, 0.05) is 51.0 Å². The molecule has 1 amide bonds. The first-order valence-electron chi connectivity index (χ1n) is 9.23. The molecule has 3 fully saturated rings. The Balaban J connectivity index is 1.45. The summed E-state index contributed by atoms with van der Waals surface area (Å²) in [6.45, 7) is 5.08. The molecule has 1 spiro atoms. The summed E-state index contributed by atoms with van der Waals surface area (Å²) in [6, 6.07) is 6.04.